The molecule has 4 unspecified atom stereocenters. The topological polar surface area (TPSA) is 103 Å². The lowest BCUT2D eigenvalue weighted by atomic mass is 9.86. The minimum absolute atomic E-state index is 0.0628. The lowest BCUT2D eigenvalue weighted by Crippen LogP contribution is -2.24. The Bertz CT molecular complexity index is 3420. The van der Waals surface area contributed by atoms with E-state index in [1.807, 2.05) is 73.2 Å². The number of halogens is 4. The second kappa shape index (κ2) is 17.1. The van der Waals surface area contributed by atoms with Crippen LogP contribution in [0.5, 0.6) is 11.5 Å². The number of rotatable bonds is 10. The van der Waals surface area contributed by atoms with Crippen LogP contribution in [-0.4, -0.2) is 26.0 Å². The van der Waals surface area contributed by atoms with Crippen molar-refractivity contribution < 1.29 is 45.5 Å². The van der Waals surface area contributed by atoms with E-state index in [9.17, 15) is 27.2 Å². The van der Waals surface area contributed by atoms with E-state index < -0.39 is 23.3 Å². The van der Waals surface area contributed by atoms with Crippen molar-refractivity contribution in [3.8, 4) is 11.5 Å². The van der Waals surface area contributed by atoms with Crippen LogP contribution in [0, 0.1) is 23.3 Å². The Balaban J connectivity index is 0.000000149. The summed E-state index contributed by atoms with van der Waals surface area (Å²) in [6.45, 7) is -0.544. The molecule has 340 valence electrons. The first kappa shape index (κ1) is 42.8. The van der Waals surface area contributed by atoms with Gasteiger partial charge in [0.1, 0.15) is 22.8 Å². The number of hydrogen-bond donors (Lipinski definition) is 2. The maximum Gasteiger partial charge on any atom is 0.251 e. The number of nitrogens with one attached hydrogen (secondary N) is 2. The van der Waals surface area contributed by atoms with Crippen molar-refractivity contribution in [1.82, 2.24) is 10.6 Å². The fourth-order valence-corrected chi connectivity index (χ4v) is 10.6. The van der Waals surface area contributed by atoms with Crippen molar-refractivity contribution in [3.63, 3.8) is 0 Å². The molecule has 2 aromatic heterocycles. The molecule has 0 saturated heterocycles. The molecule has 68 heavy (non-hydrogen) atoms. The maximum atomic E-state index is 14.4. The molecule has 0 fully saturated rings. The summed E-state index contributed by atoms with van der Waals surface area (Å²) in [5.74, 6) is -2.98. The summed E-state index contributed by atoms with van der Waals surface area (Å²) in [5.41, 5.74) is 11.6. The Kier molecular flexibility index (Phi) is 10.7. The number of benzene rings is 6. The van der Waals surface area contributed by atoms with Crippen molar-refractivity contribution in [2.24, 2.45) is 0 Å². The molecule has 0 aliphatic heterocycles. The zero-order chi connectivity index (χ0) is 46.8. The van der Waals surface area contributed by atoms with E-state index in [4.69, 9.17) is 18.3 Å². The molecule has 12 heteroatoms. The van der Waals surface area contributed by atoms with Gasteiger partial charge in [0.05, 0.1) is 26.7 Å². The van der Waals surface area contributed by atoms with Crippen LogP contribution in [0.3, 0.4) is 0 Å². The third-order valence-electron chi connectivity index (χ3n) is 13.9. The molecule has 4 aliphatic carbocycles. The molecule has 0 saturated carbocycles. The molecule has 8 aromatic rings. The van der Waals surface area contributed by atoms with E-state index in [0.29, 0.717) is 17.0 Å². The fourth-order valence-electron chi connectivity index (χ4n) is 10.6. The van der Waals surface area contributed by atoms with E-state index in [1.165, 1.54) is 48.6 Å². The van der Waals surface area contributed by atoms with Crippen molar-refractivity contribution in [2.45, 2.75) is 49.6 Å². The van der Waals surface area contributed by atoms with Crippen molar-refractivity contribution in [3.05, 3.63) is 213 Å². The third-order valence-corrected chi connectivity index (χ3v) is 13.9. The van der Waals surface area contributed by atoms with Gasteiger partial charge in [0, 0.05) is 80.9 Å². The summed E-state index contributed by atoms with van der Waals surface area (Å²) in [6, 6.07) is 32.0. The van der Waals surface area contributed by atoms with Crippen molar-refractivity contribution >= 4 is 44.9 Å². The molecule has 0 spiro atoms. The van der Waals surface area contributed by atoms with Gasteiger partial charge in [-0.05, 0) is 107 Å². The Morgan fingerprint density at radius 2 is 1.01 bits per heavy atom. The van der Waals surface area contributed by atoms with Gasteiger partial charge >= 0.3 is 0 Å². The number of para-hydroxylation sites is 2. The van der Waals surface area contributed by atoms with Crippen LogP contribution < -0.4 is 20.1 Å². The number of carbonyl (C=O) groups excluding carboxylic acids is 2. The Morgan fingerprint density at radius 1 is 0.559 bits per heavy atom. The van der Waals surface area contributed by atoms with Crippen LogP contribution in [0.25, 0.3) is 33.1 Å². The standard InChI is InChI=1S/2C28H21F2NO3/c1-33-26-9-8-24(29)22(27(26)30)13-31-28(32)15-6-7-17-19(10-15)16-11-20(17)21(12-16)23-14-34-25-5-3-2-4-18(23)25;1-33-26-9-8-24(29)22(27(26)30)13-31-28(32)15-6-7-17-16-11-20(19(17)10-15)21(12-16)23-14-34-25-5-3-2-4-18(23)25/h2*2-10,12,14,16,20H,11,13H2,1H3,(H,31,32). The molecule has 8 nitrogen and oxygen atoms in total. The smallest absolute Gasteiger partial charge is 0.251 e. The first-order valence-electron chi connectivity index (χ1n) is 22.3. The predicted octanol–water partition coefficient (Wildman–Crippen LogP) is 12.6. The van der Waals surface area contributed by atoms with Crippen LogP contribution in [0.15, 0.2) is 143 Å². The predicted molar refractivity (Wildman–Crippen MR) is 250 cm³/mol. The molecule has 4 atom stereocenters. The molecule has 2 heterocycles. The third kappa shape index (κ3) is 7.22. The van der Waals surface area contributed by atoms with Gasteiger partial charge < -0.3 is 28.9 Å². The number of fused-ring (bicyclic) bond motifs is 12. The number of ether oxygens (including phenoxy) is 2. The molecule has 4 aliphatic rings. The molecule has 4 bridgehead atoms. The van der Waals surface area contributed by atoms with Crippen LogP contribution >= 0.6 is 0 Å². The highest BCUT2D eigenvalue weighted by atomic mass is 19.1. The lowest BCUT2D eigenvalue weighted by molar-refractivity contribution is 0.0942. The number of amides is 2. The lowest BCUT2D eigenvalue weighted by Gasteiger charge is -2.18. The zero-order valence-electron chi connectivity index (χ0n) is 36.8. The summed E-state index contributed by atoms with van der Waals surface area (Å²) >= 11 is 0. The van der Waals surface area contributed by atoms with Crippen molar-refractivity contribution in [2.75, 3.05) is 14.2 Å². The van der Waals surface area contributed by atoms with Crippen LogP contribution in [0.2, 0.25) is 0 Å². The van der Waals surface area contributed by atoms with Gasteiger partial charge in [-0.2, -0.15) is 0 Å². The number of allylic oxidation sites excluding steroid dienone is 4. The summed E-state index contributed by atoms with van der Waals surface area (Å²) < 4.78 is 78.4. The van der Waals surface area contributed by atoms with Crippen LogP contribution in [0.4, 0.5) is 17.6 Å². The number of carbonyl (C=O) groups is 2. The minimum Gasteiger partial charge on any atom is -0.494 e. The normalized spacial score (nSPS) is 18.1. The zero-order valence-corrected chi connectivity index (χ0v) is 36.8. The van der Waals surface area contributed by atoms with Gasteiger partial charge in [-0.3, -0.25) is 9.59 Å². The van der Waals surface area contributed by atoms with Crippen LogP contribution in [-0.2, 0) is 13.1 Å². The van der Waals surface area contributed by atoms with Gasteiger partial charge in [-0.15, -0.1) is 0 Å². The van der Waals surface area contributed by atoms with E-state index in [0.717, 1.165) is 69.2 Å². The average Bonchev–Trinajstić information content (AvgIpc) is 4.24. The highest BCUT2D eigenvalue weighted by Crippen LogP contribution is 2.58. The average molecular weight is 915 g/mol. The first-order valence-corrected chi connectivity index (χ1v) is 22.3. The Morgan fingerprint density at radius 3 is 1.53 bits per heavy atom. The number of furan rings is 2. The molecule has 0 radical (unpaired) electrons. The van der Waals surface area contributed by atoms with Crippen LogP contribution in [0.1, 0.15) is 102 Å². The highest BCUT2D eigenvalue weighted by Gasteiger charge is 2.41. The number of hydrogen-bond acceptors (Lipinski definition) is 6. The molecular formula is C56H42F4N2O6. The fraction of sp³-hybridized carbons (Fsp3) is 0.179. The summed E-state index contributed by atoms with van der Waals surface area (Å²) in [5, 5.41) is 7.46. The summed E-state index contributed by atoms with van der Waals surface area (Å²) in [4.78, 5) is 25.7. The summed E-state index contributed by atoms with van der Waals surface area (Å²) in [7, 11) is 2.62. The SMILES string of the molecule is COc1ccc(F)c(CNC(=O)c2ccc3c(c2)C2C=C(c4coc5ccccc45)C3C2)c1F.COc1ccc(F)c(CNC(=O)c2ccc3c(c2)C2CC3C=C2c2coc3ccccc23)c1F. The number of methoxy groups -OCH3 is 2. The largest absolute Gasteiger partial charge is 0.494 e. The highest BCUT2D eigenvalue weighted by molar-refractivity contribution is 5.98. The molecule has 6 aromatic carbocycles. The van der Waals surface area contributed by atoms with E-state index >= 15 is 0 Å². The summed E-state index contributed by atoms with van der Waals surface area (Å²) in [6.07, 6.45) is 10.1. The first-order chi connectivity index (χ1) is 33.1. The minimum atomic E-state index is -0.809. The van der Waals surface area contributed by atoms with Gasteiger partial charge in [0.2, 0.25) is 0 Å². The van der Waals surface area contributed by atoms with Gasteiger partial charge in [0.25, 0.3) is 11.8 Å². The van der Waals surface area contributed by atoms with E-state index in [2.05, 4.69) is 34.9 Å². The molecular weight excluding hydrogens is 873 g/mol. The Labute approximate surface area is 387 Å². The van der Waals surface area contributed by atoms with Gasteiger partial charge in [-0.1, -0.05) is 60.7 Å². The monoisotopic (exact) mass is 914 g/mol. The van der Waals surface area contributed by atoms with Gasteiger partial charge in [0.15, 0.2) is 23.1 Å². The van der Waals surface area contributed by atoms with Gasteiger partial charge in [-0.25, -0.2) is 17.6 Å². The molecule has 2 N–H and O–H groups in total. The molecule has 12 rings (SSSR count). The molecule has 2 amide bonds. The van der Waals surface area contributed by atoms with E-state index in [1.54, 1.807) is 12.1 Å². The Hall–Kier alpha value is -7.86. The van der Waals surface area contributed by atoms with E-state index in [-0.39, 0.29) is 65.3 Å². The second-order valence-electron chi connectivity index (χ2n) is 17.5. The maximum absolute atomic E-state index is 14.4. The van der Waals surface area contributed by atoms with Crippen molar-refractivity contribution in [1.29, 1.82) is 0 Å². The quantitative estimate of drug-likeness (QED) is 0.133. The second-order valence-corrected chi connectivity index (χ2v) is 17.5.